The Bertz CT molecular complexity index is 1250. The number of hydrogen-bond donors (Lipinski definition) is 2. The minimum atomic E-state index is -0.0928. The van der Waals surface area contributed by atoms with E-state index in [1.807, 2.05) is 59.5 Å². The molecular formula is C31H33N3O3. The lowest BCUT2D eigenvalue weighted by Crippen LogP contribution is -2.68. The summed E-state index contributed by atoms with van der Waals surface area (Å²) in [5, 5.41) is 13.3. The molecule has 0 aliphatic carbocycles. The molecule has 37 heavy (non-hydrogen) atoms. The number of rotatable bonds is 4. The number of nitrogens with one attached hydrogen (secondary N) is 1. The van der Waals surface area contributed by atoms with Crippen molar-refractivity contribution in [3.05, 3.63) is 95.6 Å². The number of nitrogens with zero attached hydrogens (tertiary/aromatic N) is 2. The van der Waals surface area contributed by atoms with Gasteiger partial charge in [0.15, 0.2) is 0 Å². The summed E-state index contributed by atoms with van der Waals surface area (Å²) in [6.45, 7) is 2.39. The predicted octanol–water partition coefficient (Wildman–Crippen LogP) is 4.55. The van der Waals surface area contributed by atoms with Crippen LogP contribution in [0.1, 0.15) is 35.4 Å². The van der Waals surface area contributed by atoms with Crippen LogP contribution in [-0.2, 0) is 0 Å². The van der Waals surface area contributed by atoms with Gasteiger partial charge in [-0.1, -0.05) is 42.2 Å². The highest BCUT2D eigenvalue weighted by molar-refractivity contribution is 5.89. The van der Waals surface area contributed by atoms with Gasteiger partial charge in [0.1, 0.15) is 5.75 Å². The van der Waals surface area contributed by atoms with E-state index in [-0.39, 0.29) is 30.6 Å². The summed E-state index contributed by atoms with van der Waals surface area (Å²) >= 11 is 0. The van der Waals surface area contributed by atoms with E-state index in [2.05, 4.69) is 46.3 Å². The van der Waals surface area contributed by atoms with Crippen LogP contribution in [0.5, 0.6) is 5.75 Å². The molecule has 0 unspecified atom stereocenters. The van der Waals surface area contributed by atoms with Crippen molar-refractivity contribution in [1.29, 1.82) is 0 Å². The van der Waals surface area contributed by atoms with Crippen molar-refractivity contribution in [3.8, 4) is 17.6 Å². The van der Waals surface area contributed by atoms with E-state index in [4.69, 9.17) is 4.74 Å². The van der Waals surface area contributed by atoms with Gasteiger partial charge in [0, 0.05) is 47.9 Å². The molecule has 5 rings (SSSR count). The van der Waals surface area contributed by atoms with Crippen LogP contribution in [0, 0.1) is 11.8 Å². The molecule has 0 saturated carbocycles. The van der Waals surface area contributed by atoms with E-state index in [0.717, 1.165) is 48.5 Å². The van der Waals surface area contributed by atoms with Crippen molar-refractivity contribution >= 4 is 11.7 Å². The number of amides is 2. The molecule has 2 aliphatic heterocycles. The zero-order valence-electron chi connectivity index (χ0n) is 21.1. The third kappa shape index (κ3) is 5.64. The molecule has 0 bridgehead atoms. The molecule has 3 atom stereocenters. The van der Waals surface area contributed by atoms with Gasteiger partial charge < -0.3 is 20.1 Å². The van der Waals surface area contributed by atoms with Crippen LogP contribution in [0.3, 0.4) is 0 Å². The van der Waals surface area contributed by atoms with Crippen LogP contribution >= 0.6 is 0 Å². The summed E-state index contributed by atoms with van der Waals surface area (Å²) in [5.41, 5.74) is 3.88. The molecule has 2 heterocycles. The van der Waals surface area contributed by atoms with Crippen molar-refractivity contribution in [2.24, 2.45) is 0 Å². The number of carbonyl (C=O) groups is 1. The van der Waals surface area contributed by atoms with E-state index in [0.29, 0.717) is 6.54 Å². The molecule has 2 fully saturated rings. The molecule has 2 N–H and O–H groups in total. The number of methoxy groups -OCH3 is 1. The fourth-order valence-corrected chi connectivity index (χ4v) is 5.46. The number of fused-ring (bicyclic) bond motifs is 1. The second-order valence-electron chi connectivity index (χ2n) is 9.63. The summed E-state index contributed by atoms with van der Waals surface area (Å²) in [4.78, 5) is 17.5. The average Bonchev–Trinajstić information content (AvgIpc) is 2.92. The topological polar surface area (TPSA) is 65.0 Å². The first-order valence-corrected chi connectivity index (χ1v) is 12.9. The van der Waals surface area contributed by atoms with Crippen LogP contribution in [0.2, 0.25) is 0 Å². The number of benzene rings is 3. The maximum atomic E-state index is 13.2. The first-order chi connectivity index (χ1) is 18.2. The normalized spacial score (nSPS) is 21.4. The van der Waals surface area contributed by atoms with Crippen molar-refractivity contribution in [2.45, 2.75) is 30.8 Å². The monoisotopic (exact) mass is 495 g/mol. The van der Waals surface area contributed by atoms with Gasteiger partial charge in [0.05, 0.1) is 13.7 Å². The van der Waals surface area contributed by atoms with Gasteiger partial charge in [-0.3, -0.25) is 4.90 Å². The minimum absolute atomic E-state index is 0.0656. The molecule has 0 aromatic heterocycles. The van der Waals surface area contributed by atoms with Crippen LogP contribution in [-0.4, -0.2) is 66.4 Å². The average molecular weight is 496 g/mol. The summed E-state index contributed by atoms with van der Waals surface area (Å²) in [7, 11) is 1.62. The number of aliphatic hydroxyl groups excluding tert-OH is 1. The van der Waals surface area contributed by atoms with E-state index in [9.17, 15) is 9.90 Å². The molecule has 0 spiro atoms. The zero-order valence-corrected chi connectivity index (χ0v) is 21.1. The van der Waals surface area contributed by atoms with Gasteiger partial charge in [-0.05, 0) is 73.5 Å². The fraction of sp³-hybridized carbons (Fsp3) is 0.323. The van der Waals surface area contributed by atoms with E-state index in [1.54, 1.807) is 7.11 Å². The first kappa shape index (κ1) is 24.9. The summed E-state index contributed by atoms with van der Waals surface area (Å²) in [5.74, 6) is 7.36. The predicted molar refractivity (Wildman–Crippen MR) is 146 cm³/mol. The number of anilines is 1. The number of urea groups is 1. The lowest BCUT2D eigenvalue weighted by molar-refractivity contribution is -0.0585. The highest BCUT2D eigenvalue weighted by Gasteiger charge is 2.49. The molecule has 2 aliphatic rings. The maximum absolute atomic E-state index is 13.2. The molecular weight excluding hydrogens is 462 g/mol. The quantitative estimate of drug-likeness (QED) is 0.521. The standard InChI is InChI=1S/C31H33N3O3/c1-37-27-17-15-26(16-18-27)32-31(36)33-19-5-6-20-34-28(21-33)30(29(34)22-35)25-13-11-24(12-14-25)10-9-23-7-3-2-4-8-23/h2-4,7-8,11-18,28-30,35H,5-6,19-22H2,1H3,(H,32,36)/t28-,29-,30-/m1/s1. The Balaban J connectivity index is 1.30. The summed E-state index contributed by atoms with van der Waals surface area (Å²) in [6.07, 6.45) is 1.94. The number of hydrogen-bond acceptors (Lipinski definition) is 4. The van der Waals surface area contributed by atoms with Crippen LogP contribution in [0.4, 0.5) is 10.5 Å². The lowest BCUT2D eigenvalue weighted by atomic mass is 9.74. The maximum Gasteiger partial charge on any atom is 0.321 e. The highest BCUT2D eigenvalue weighted by atomic mass is 16.5. The fourth-order valence-electron chi connectivity index (χ4n) is 5.46. The molecule has 190 valence electrons. The molecule has 3 aromatic carbocycles. The molecule has 6 nitrogen and oxygen atoms in total. The third-order valence-corrected chi connectivity index (χ3v) is 7.42. The number of ether oxygens (including phenoxy) is 1. The smallest absolute Gasteiger partial charge is 0.321 e. The van der Waals surface area contributed by atoms with Gasteiger partial charge >= 0.3 is 6.03 Å². The van der Waals surface area contributed by atoms with Gasteiger partial charge in [-0.15, -0.1) is 0 Å². The van der Waals surface area contributed by atoms with Gasteiger partial charge in [0.25, 0.3) is 0 Å². The summed E-state index contributed by atoms with van der Waals surface area (Å²) in [6, 6.07) is 25.8. The molecule has 2 saturated heterocycles. The van der Waals surface area contributed by atoms with Gasteiger partial charge in [-0.2, -0.15) is 0 Å². The Morgan fingerprint density at radius 1 is 0.946 bits per heavy atom. The summed E-state index contributed by atoms with van der Waals surface area (Å²) < 4.78 is 5.21. The van der Waals surface area contributed by atoms with E-state index in [1.165, 1.54) is 5.56 Å². The molecule has 0 radical (unpaired) electrons. The Morgan fingerprint density at radius 2 is 1.62 bits per heavy atom. The van der Waals surface area contributed by atoms with Crippen molar-refractivity contribution in [2.75, 3.05) is 38.7 Å². The molecule has 3 aromatic rings. The number of carbonyl (C=O) groups excluding carboxylic acids is 1. The Kier molecular flexibility index (Phi) is 7.74. The van der Waals surface area contributed by atoms with Crippen molar-refractivity contribution < 1.29 is 14.6 Å². The molecule has 2 amide bonds. The highest BCUT2D eigenvalue weighted by Crippen LogP contribution is 2.42. The lowest BCUT2D eigenvalue weighted by Gasteiger charge is -2.57. The van der Waals surface area contributed by atoms with Crippen LogP contribution in [0.15, 0.2) is 78.9 Å². The van der Waals surface area contributed by atoms with Gasteiger partial charge in [0.2, 0.25) is 0 Å². The molecule has 6 heteroatoms. The SMILES string of the molecule is COc1ccc(NC(=O)N2CCCCN3[C@H](CO)[C@H](c4ccc(C#Cc5ccccc5)cc4)[C@H]3C2)cc1. The second-order valence-corrected chi connectivity index (χ2v) is 9.63. The Hall–Kier alpha value is -3.79. The van der Waals surface area contributed by atoms with Crippen molar-refractivity contribution in [3.63, 3.8) is 0 Å². The minimum Gasteiger partial charge on any atom is -0.497 e. The Labute approximate surface area is 218 Å². The Morgan fingerprint density at radius 3 is 2.30 bits per heavy atom. The first-order valence-electron chi connectivity index (χ1n) is 12.9. The van der Waals surface area contributed by atoms with E-state index < -0.39 is 0 Å². The second kappa shape index (κ2) is 11.5. The largest absolute Gasteiger partial charge is 0.497 e. The third-order valence-electron chi connectivity index (χ3n) is 7.42. The van der Waals surface area contributed by atoms with Gasteiger partial charge in [-0.25, -0.2) is 4.79 Å². The van der Waals surface area contributed by atoms with Crippen molar-refractivity contribution in [1.82, 2.24) is 9.80 Å². The zero-order chi connectivity index (χ0) is 25.6. The number of aliphatic hydroxyl groups is 1. The van der Waals surface area contributed by atoms with Crippen LogP contribution in [0.25, 0.3) is 0 Å². The van der Waals surface area contributed by atoms with Crippen LogP contribution < -0.4 is 10.1 Å². The van der Waals surface area contributed by atoms with E-state index >= 15 is 0 Å².